The van der Waals surface area contributed by atoms with Crippen molar-refractivity contribution in [2.75, 3.05) is 0 Å². The summed E-state index contributed by atoms with van der Waals surface area (Å²) in [6.45, 7) is 12.2. The van der Waals surface area contributed by atoms with Crippen molar-refractivity contribution in [2.24, 2.45) is 0 Å². The van der Waals surface area contributed by atoms with Gasteiger partial charge in [-0.2, -0.15) is 5.26 Å². The first-order valence-electron chi connectivity index (χ1n) is 11.9. The first-order chi connectivity index (χ1) is 15.2. The SMILES string of the molecule is [C-]#[N+]c1c(C2CCC(c3ccc(CC)cc3)CC2)cc2c(c1C#N)OC(CCC)CC2. The summed E-state index contributed by atoms with van der Waals surface area (Å²) in [7, 11) is 0. The zero-order chi connectivity index (χ0) is 21.8. The predicted molar refractivity (Wildman–Crippen MR) is 125 cm³/mol. The summed E-state index contributed by atoms with van der Waals surface area (Å²) >= 11 is 0. The standard InChI is InChI=1S/C28H32N2O/c1-4-6-24-16-15-23-17-25(27(30-3)26(18-29)28(23)31-24)22-13-11-21(12-14-22)20-9-7-19(5-2)8-10-20/h7-10,17,21-22,24H,4-6,11-16H2,1-2H3. The van der Waals surface area contributed by atoms with Crippen LogP contribution >= 0.6 is 0 Å². The van der Waals surface area contributed by atoms with E-state index in [2.05, 4.69) is 55.1 Å². The molecule has 0 N–H and O–H groups in total. The Balaban J connectivity index is 1.56. The largest absolute Gasteiger partial charge is 0.490 e. The molecule has 0 bridgehead atoms. The normalized spacial score (nSPS) is 22.6. The van der Waals surface area contributed by atoms with Crippen LogP contribution in [0.1, 0.15) is 98.4 Å². The fourth-order valence-electron chi connectivity index (χ4n) is 5.42. The first-order valence-corrected chi connectivity index (χ1v) is 11.9. The van der Waals surface area contributed by atoms with Gasteiger partial charge in [-0.15, -0.1) is 0 Å². The third-order valence-corrected chi connectivity index (χ3v) is 7.24. The molecule has 4 rings (SSSR count). The Morgan fingerprint density at radius 2 is 1.77 bits per heavy atom. The molecule has 1 unspecified atom stereocenters. The Morgan fingerprint density at radius 3 is 2.39 bits per heavy atom. The van der Waals surface area contributed by atoms with Crippen LogP contribution in [0.3, 0.4) is 0 Å². The van der Waals surface area contributed by atoms with E-state index >= 15 is 0 Å². The smallest absolute Gasteiger partial charge is 0.211 e. The highest BCUT2D eigenvalue weighted by molar-refractivity contribution is 5.72. The fraction of sp³-hybridized carbons (Fsp3) is 0.500. The zero-order valence-corrected chi connectivity index (χ0v) is 18.8. The minimum absolute atomic E-state index is 0.170. The maximum Gasteiger partial charge on any atom is 0.211 e. The van der Waals surface area contributed by atoms with Gasteiger partial charge in [0.2, 0.25) is 5.69 Å². The molecule has 1 aliphatic carbocycles. The van der Waals surface area contributed by atoms with Crippen molar-refractivity contribution in [3.05, 3.63) is 69.6 Å². The molecule has 160 valence electrons. The minimum atomic E-state index is 0.170. The molecule has 2 aromatic carbocycles. The molecule has 1 atom stereocenters. The predicted octanol–water partition coefficient (Wildman–Crippen LogP) is 7.61. The monoisotopic (exact) mass is 412 g/mol. The Morgan fingerprint density at radius 1 is 1.06 bits per heavy atom. The summed E-state index contributed by atoms with van der Waals surface area (Å²) < 4.78 is 6.21. The lowest BCUT2D eigenvalue weighted by Crippen LogP contribution is -2.23. The molecule has 1 aliphatic heterocycles. The summed E-state index contributed by atoms with van der Waals surface area (Å²) in [5.41, 5.74) is 6.06. The Kier molecular flexibility index (Phi) is 6.62. The molecule has 2 aliphatic rings. The van der Waals surface area contributed by atoms with Crippen LogP contribution in [0, 0.1) is 17.9 Å². The summed E-state index contributed by atoms with van der Waals surface area (Å²) in [5.74, 6) is 1.65. The molecule has 3 nitrogen and oxygen atoms in total. The van der Waals surface area contributed by atoms with Gasteiger partial charge >= 0.3 is 0 Å². The molecule has 31 heavy (non-hydrogen) atoms. The van der Waals surface area contributed by atoms with Crippen LogP contribution < -0.4 is 4.74 Å². The molecule has 1 fully saturated rings. The lowest BCUT2D eigenvalue weighted by Gasteiger charge is -2.32. The lowest BCUT2D eigenvalue weighted by atomic mass is 9.75. The summed E-state index contributed by atoms with van der Waals surface area (Å²) in [4.78, 5) is 3.84. The van der Waals surface area contributed by atoms with E-state index in [0.29, 0.717) is 28.8 Å². The van der Waals surface area contributed by atoms with E-state index in [1.807, 2.05) is 0 Å². The van der Waals surface area contributed by atoms with E-state index in [0.717, 1.165) is 68.9 Å². The average molecular weight is 413 g/mol. The number of nitriles is 1. The Bertz CT molecular complexity index is 1000. The van der Waals surface area contributed by atoms with Gasteiger partial charge < -0.3 is 4.74 Å². The van der Waals surface area contributed by atoms with Crippen molar-refractivity contribution in [3.8, 4) is 11.8 Å². The number of fused-ring (bicyclic) bond motifs is 1. The number of benzene rings is 2. The van der Waals surface area contributed by atoms with Crippen LogP contribution in [0.5, 0.6) is 5.75 Å². The second-order valence-corrected chi connectivity index (χ2v) is 9.11. The van der Waals surface area contributed by atoms with Gasteiger partial charge in [-0.1, -0.05) is 50.6 Å². The second-order valence-electron chi connectivity index (χ2n) is 9.11. The van der Waals surface area contributed by atoms with Gasteiger partial charge in [0.05, 0.1) is 18.7 Å². The molecule has 0 amide bonds. The molecular weight excluding hydrogens is 380 g/mol. The number of rotatable bonds is 5. The van der Waals surface area contributed by atoms with Crippen molar-refractivity contribution < 1.29 is 4.74 Å². The van der Waals surface area contributed by atoms with E-state index < -0.39 is 0 Å². The second kappa shape index (κ2) is 9.57. The zero-order valence-electron chi connectivity index (χ0n) is 18.8. The topological polar surface area (TPSA) is 37.4 Å². The lowest BCUT2D eigenvalue weighted by molar-refractivity contribution is 0.162. The number of aryl methyl sites for hydroxylation is 2. The van der Waals surface area contributed by atoms with E-state index in [1.54, 1.807) is 0 Å². The van der Waals surface area contributed by atoms with Crippen LogP contribution in [-0.2, 0) is 12.8 Å². The molecule has 3 heteroatoms. The fourth-order valence-corrected chi connectivity index (χ4v) is 5.42. The summed E-state index contributed by atoms with van der Waals surface area (Å²) in [5, 5.41) is 9.90. The molecule has 1 heterocycles. The summed E-state index contributed by atoms with van der Waals surface area (Å²) in [6, 6.07) is 13.6. The molecule has 2 aromatic rings. The van der Waals surface area contributed by atoms with E-state index in [9.17, 15) is 5.26 Å². The van der Waals surface area contributed by atoms with Gasteiger partial charge in [0, 0.05) is 0 Å². The number of nitrogens with zero attached hydrogens (tertiary/aromatic N) is 2. The van der Waals surface area contributed by atoms with Gasteiger partial charge in [0.1, 0.15) is 11.3 Å². The molecular formula is C28H32N2O. The third kappa shape index (κ3) is 4.33. The molecule has 0 aromatic heterocycles. The van der Waals surface area contributed by atoms with Gasteiger partial charge in [-0.3, -0.25) is 0 Å². The highest BCUT2D eigenvalue weighted by Crippen LogP contribution is 2.47. The van der Waals surface area contributed by atoms with Crippen LogP contribution in [0.2, 0.25) is 0 Å². The molecule has 0 saturated heterocycles. The van der Waals surface area contributed by atoms with E-state index in [-0.39, 0.29) is 6.10 Å². The molecule has 0 spiro atoms. The van der Waals surface area contributed by atoms with Crippen molar-refractivity contribution in [1.29, 1.82) is 5.26 Å². The summed E-state index contributed by atoms with van der Waals surface area (Å²) in [6.07, 6.45) is 9.70. The van der Waals surface area contributed by atoms with Crippen LogP contribution in [0.15, 0.2) is 30.3 Å². The number of ether oxygens (including phenoxy) is 1. The van der Waals surface area contributed by atoms with Crippen molar-refractivity contribution >= 4 is 5.69 Å². The van der Waals surface area contributed by atoms with Crippen molar-refractivity contribution in [2.45, 2.75) is 89.6 Å². The van der Waals surface area contributed by atoms with Crippen LogP contribution in [-0.4, -0.2) is 6.10 Å². The van der Waals surface area contributed by atoms with Crippen LogP contribution in [0.25, 0.3) is 4.85 Å². The number of hydrogen-bond acceptors (Lipinski definition) is 2. The van der Waals surface area contributed by atoms with E-state index in [4.69, 9.17) is 11.3 Å². The number of hydrogen-bond donors (Lipinski definition) is 0. The highest BCUT2D eigenvalue weighted by atomic mass is 16.5. The maximum atomic E-state index is 9.90. The Labute approximate surface area is 186 Å². The van der Waals surface area contributed by atoms with Gasteiger partial charge in [0.25, 0.3) is 0 Å². The van der Waals surface area contributed by atoms with Gasteiger partial charge in [-0.05, 0) is 85.5 Å². The third-order valence-electron chi connectivity index (χ3n) is 7.24. The molecule has 1 saturated carbocycles. The minimum Gasteiger partial charge on any atom is -0.490 e. The van der Waals surface area contributed by atoms with Crippen molar-refractivity contribution in [1.82, 2.24) is 0 Å². The average Bonchev–Trinajstić information content (AvgIpc) is 2.83. The maximum absolute atomic E-state index is 9.90. The van der Waals surface area contributed by atoms with Gasteiger partial charge in [-0.25, -0.2) is 4.85 Å². The van der Waals surface area contributed by atoms with Gasteiger partial charge in [0.15, 0.2) is 0 Å². The van der Waals surface area contributed by atoms with E-state index in [1.165, 1.54) is 11.1 Å². The molecule has 0 radical (unpaired) electrons. The van der Waals surface area contributed by atoms with Crippen LogP contribution in [0.4, 0.5) is 5.69 Å². The first kappa shape index (κ1) is 21.5. The quantitative estimate of drug-likeness (QED) is 0.474. The van der Waals surface area contributed by atoms with Crippen molar-refractivity contribution in [3.63, 3.8) is 0 Å². The Hall–Kier alpha value is -2.78. The highest BCUT2D eigenvalue weighted by Gasteiger charge is 2.31.